The van der Waals surface area contributed by atoms with Crippen LogP contribution in [-0.4, -0.2) is 60.9 Å². The van der Waals surface area contributed by atoms with Gasteiger partial charge in [0.2, 0.25) is 0 Å². The highest BCUT2D eigenvalue weighted by Crippen LogP contribution is 2.18. The Labute approximate surface area is 135 Å². The summed E-state index contributed by atoms with van der Waals surface area (Å²) in [5, 5.41) is 0. The number of ether oxygens (including phenoxy) is 1. The van der Waals surface area contributed by atoms with E-state index in [1.54, 1.807) is 19.1 Å². The lowest BCUT2D eigenvalue weighted by molar-refractivity contribution is -0.140. The van der Waals surface area contributed by atoms with Crippen molar-refractivity contribution in [2.24, 2.45) is 0 Å². The van der Waals surface area contributed by atoms with E-state index >= 15 is 0 Å². The van der Waals surface area contributed by atoms with Gasteiger partial charge in [0.15, 0.2) is 15.9 Å². The van der Waals surface area contributed by atoms with Crippen LogP contribution in [0.25, 0.3) is 0 Å². The van der Waals surface area contributed by atoms with Gasteiger partial charge in [-0.25, -0.2) is 13.2 Å². The molecule has 1 fully saturated rings. The number of hydrogen-bond donors (Lipinski definition) is 0. The number of carbonyl (C=O) groups excluding carboxylic acids is 2. The molecule has 126 valence electrons. The minimum atomic E-state index is -3.08. The molecule has 1 aliphatic rings. The first-order valence-corrected chi connectivity index (χ1v) is 9.12. The molecule has 0 spiro atoms. The second kappa shape index (κ2) is 6.66. The number of carbonyl (C=O) groups is 2. The SMILES string of the molecule is Cc1ccc(C(=O)O[C@H](C)C(=O)N(C)[C@@H]2CCS(=O)(=O)C2)cn1. The van der Waals surface area contributed by atoms with Crippen molar-refractivity contribution in [3.8, 4) is 0 Å². The lowest BCUT2D eigenvalue weighted by Gasteiger charge is -2.26. The van der Waals surface area contributed by atoms with Gasteiger partial charge >= 0.3 is 5.97 Å². The van der Waals surface area contributed by atoms with Crippen molar-refractivity contribution in [3.63, 3.8) is 0 Å². The maximum absolute atomic E-state index is 12.3. The number of hydrogen-bond acceptors (Lipinski definition) is 6. The monoisotopic (exact) mass is 340 g/mol. The Morgan fingerprint density at radius 3 is 2.61 bits per heavy atom. The van der Waals surface area contributed by atoms with E-state index in [1.165, 1.54) is 25.1 Å². The summed E-state index contributed by atoms with van der Waals surface area (Å²) in [4.78, 5) is 29.6. The highest BCUT2D eigenvalue weighted by molar-refractivity contribution is 7.91. The number of amides is 1. The molecule has 2 atom stereocenters. The number of esters is 1. The van der Waals surface area contributed by atoms with E-state index in [-0.39, 0.29) is 23.1 Å². The molecule has 0 unspecified atom stereocenters. The molecular formula is C15H20N2O5S. The molecule has 1 aromatic rings. The fourth-order valence-corrected chi connectivity index (χ4v) is 4.19. The molecule has 0 saturated carbocycles. The van der Waals surface area contributed by atoms with Crippen molar-refractivity contribution in [3.05, 3.63) is 29.6 Å². The zero-order chi connectivity index (χ0) is 17.2. The fraction of sp³-hybridized carbons (Fsp3) is 0.533. The van der Waals surface area contributed by atoms with Crippen molar-refractivity contribution >= 4 is 21.7 Å². The van der Waals surface area contributed by atoms with Crippen LogP contribution in [0.3, 0.4) is 0 Å². The number of likely N-dealkylation sites (N-methyl/N-ethyl adjacent to an activating group) is 1. The van der Waals surface area contributed by atoms with Gasteiger partial charge in [-0.2, -0.15) is 0 Å². The zero-order valence-corrected chi connectivity index (χ0v) is 14.2. The lowest BCUT2D eigenvalue weighted by atomic mass is 10.2. The Morgan fingerprint density at radius 2 is 2.09 bits per heavy atom. The molecule has 0 aliphatic carbocycles. The van der Waals surface area contributed by atoms with Crippen LogP contribution in [0.15, 0.2) is 18.3 Å². The normalized spacial score (nSPS) is 20.7. The first-order chi connectivity index (χ1) is 10.7. The highest BCUT2D eigenvalue weighted by Gasteiger charge is 2.35. The Hall–Kier alpha value is -1.96. The number of pyridine rings is 1. The molecule has 1 amide bonds. The molecule has 23 heavy (non-hydrogen) atoms. The van der Waals surface area contributed by atoms with Crippen LogP contribution in [0.1, 0.15) is 29.4 Å². The molecule has 1 aliphatic heterocycles. The summed E-state index contributed by atoms with van der Waals surface area (Å²) in [7, 11) is -1.55. The van der Waals surface area contributed by atoms with Crippen molar-refractivity contribution in [2.75, 3.05) is 18.6 Å². The maximum atomic E-state index is 12.3. The number of aromatic nitrogens is 1. The number of nitrogens with zero attached hydrogens (tertiary/aromatic N) is 2. The van der Waals surface area contributed by atoms with Crippen LogP contribution >= 0.6 is 0 Å². The molecule has 0 bridgehead atoms. The van der Waals surface area contributed by atoms with Gasteiger partial charge in [0, 0.05) is 25.0 Å². The van der Waals surface area contributed by atoms with Crippen molar-refractivity contribution in [1.82, 2.24) is 9.88 Å². The molecule has 0 radical (unpaired) electrons. The van der Waals surface area contributed by atoms with Crippen molar-refractivity contribution in [1.29, 1.82) is 0 Å². The summed E-state index contributed by atoms with van der Waals surface area (Å²) in [5.74, 6) is -1.01. The average molecular weight is 340 g/mol. The summed E-state index contributed by atoms with van der Waals surface area (Å²) in [6, 6.07) is 2.89. The Bertz CT molecular complexity index is 699. The quantitative estimate of drug-likeness (QED) is 0.744. The lowest BCUT2D eigenvalue weighted by Crippen LogP contribution is -2.44. The van der Waals surface area contributed by atoms with Crippen molar-refractivity contribution < 1.29 is 22.7 Å². The van der Waals surface area contributed by atoms with Gasteiger partial charge in [0.25, 0.3) is 5.91 Å². The average Bonchev–Trinajstić information content (AvgIpc) is 2.86. The van der Waals surface area contributed by atoms with Crippen LogP contribution in [0.2, 0.25) is 0 Å². The molecule has 1 saturated heterocycles. The summed E-state index contributed by atoms with van der Waals surface area (Å²) in [6.45, 7) is 3.27. The van der Waals surface area contributed by atoms with Gasteiger partial charge in [-0.15, -0.1) is 0 Å². The van der Waals surface area contributed by atoms with Crippen LogP contribution in [0.5, 0.6) is 0 Å². The molecule has 1 aromatic heterocycles. The number of aryl methyl sites for hydroxylation is 1. The third-order valence-corrected chi connectivity index (χ3v) is 5.63. The minimum Gasteiger partial charge on any atom is -0.449 e. The van der Waals surface area contributed by atoms with E-state index in [2.05, 4.69) is 4.98 Å². The third kappa shape index (κ3) is 4.28. The molecule has 2 rings (SSSR count). The van der Waals surface area contributed by atoms with E-state index in [9.17, 15) is 18.0 Å². The number of rotatable bonds is 4. The second-order valence-corrected chi connectivity index (χ2v) is 7.97. The van der Waals surface area contributed by atoms with Crippen molar-refractivity contribution in [2.45, 2.75) is 32.4 Å². The van der Waals surface area contributed by atoms with Gasteiger partial charge < -0.3 is 9.64 Å². The maximum Gasteiger partial charge on any atom is 0.340 e. The highest BCUT2D eigenvalue weighted by atomic mass is 32.2. The van der Waals surface area contributed by atoms with Gasteiger partial charge in [0.05, 0.1) is 17.1 Å². The standard InChI is InChI=1S/C15H20N2O5S/c1-10-4-5-12(8-16-10)15(19)22-11(2)14(18)17(3)13-6-7-23(20,21)9-13/h4-5,8,11,13H,6-7,9H2,1-3H3/t11-,13-/m1/s1. The fourth-order valence-electron chi connectivity index (χ4n) is 2.42. The topological polar surface area (TPSA) is 93.6 Å². The molecule has 0 aromatic carbocycles. The molecule has 8 heteroatoms. The molecule has 7 nitrogen and oxygen atoms in total. The molecule has 2 heterocycles. The van der Waals surface area contributed by atoms with E-state index in [0.29, 0.717) is 6.42 Å². The van der Waals surface area contributed by atoms with E-state index < -0.39 is 27.8 Å². The first kappa shape index (κ1) is 17.4. The van der Waals surface area contributed by atoms with Gasteiger partial charge in [-0.05, 0) is 32.4 Å². The minimum absolute atomic E-state index is 0.0439. The number of sulfone groups is 1. The Balaban J connectivity index is 1.97. The smallest absolute Gasteiger partial charge is 0.340 e. The van der Waals surface area contributed by atoms with Gasteiger partial charge in [-0.3, -0.25) is 9.78 Å². The Kier molecular flexibility index (Phi) is 5.03. The predicted octanol–water partition coefficient (Wildman–Crippen LogP) is 0.581. The predicted molar refractivity (Wildman–Crippen MR) is 83.7 cm³/mol. The zero-order valence-electron chi connectivity index (χ0n) is 13.4. The summed E-state index contributed by atoms with van der Waals surface area (Å²) >= 11 is 0. The first-order valence-electron chi connectivity index (χ1n) is 7.30. The van der Waals surface area contributed by atoms with Crippen LogP contribution in [0.4, 0.5) is 0 Å². The van der Waals surface area contributed by atoms with E-state index in [1.807, 2.05) is 0 Å². The second-order valence-electron chi connectivity index (χ2n) is 5.74. The summed E-state index contributed by atoms with van der Waals surface area (Å²) in [6.07, 6.45) is 0.812. The van der Waals surface area contributed by atoms with Gasteiger partial charge in [-0.1, -0.05) is 0 Å². The van der Waals surface area contributed by atoms with Crippen LogP contribution in [0, 0.1) is 6.92 Å². The molecule has 0 N–H and O–H groups in total. The van der Waals surface area contributed by atoms with E-state index in [0.717, 1.165) is 5.69 Å². The Morgan fingerprint density at radius 1 is 1.39 bits per heavy atom. The van der Waals surface area contributed by atoms with Crippen LogP contribution in [-0.2, 0) is 19.4 Å². The van der Waals surface area contributed by atoms with Gasteiger partial charge in [0.1, 0.15) is 0 Å². The summed E-state index contributed by atoms with van der Waals surface area (Å²) in [5.41, 5.74) is 1.04. The van der Waals surface area contributed by atoms with E-state index in [4.69, 9.17) is 4.74 Å². The largest absolute Gasteiger partial charge is 0.449 e. The summed E-state index contributed by atoms with van der Waals surface area (Å²) < 4.78 is 28.1. The van der Waals surface area contributed by atoms with Crippen LogP contribution < -0.4 is 0 Å². The molecular weight excluding hydrogens is 320 g/mol. The third-order valence-electron chi connectivity index (χ3n) is 3.88.